The first-order chi connectivity index (χ1) is 16.0. The predicted octanol–water partition coefficient (Wildman–Crippen LogP) is 1.31. The zero-order valence-corrected chi connectivity index (χ0v) is 19.6. The highest BCUT2D eigenvalue weighted by Gasteiger charge is 2.30. The number of hydrogen-bond donors (Lipinski definition) is 1. The van der Waals surface area contributed by atoms with Crippen molar-refractivity contribution in [3.63, 3.8) is 0 Å². The van der Waals surface area contributed by atoms with Gasteiger partial charge < -0.3 is 29.0 Å². The fraction of sp³-hybridized carbons (Fsp3) is 0.500. The molecule has 0 saturated carbocycles. The minimum atomic E-state index is -0.368. The molecule has 33 heavy (non-hydrogen) atoms. The lowest BCUT2D eigenvalue weighted by molar-refractivity contribution is -0.135. The molecule has 0 bridgehead atoms. The number of rotatable bonds is 8. The maximum atomic E-state index is 9.89. The summed E-state index contributed by atoms with van der Waals surface area (Å²) < 4.78 is 24.5. The molecule has 11 heteroatoms. The number of hydrogen-bond acceptors (Lipinski definition) is 10. The molecule has 1 fully saturated rings. The summed E-state index contributed by atoms with van der Waals surface area (Å²) in [6.45, 7) is 1.68. The number of aliphatic hydroxyl groups excluding tert-OH is 1. The monoisotopic (exact) mass is 458 g/mol. The van der Waals surface area contributed by atoms with Crippen LogP contribution in [0.3, 0.4) is 0 Å². The second-order valence-corrected chi connectivity index (χ2v) is 8.04. The van der Waals surface area contributed by atoms with E-state index in [9.17, 15) is 5.11 Å². The average molecular weight is 459 g/mol. The van der Waals surface area contributed by atoms with Crippen LogP contribution in [-0.2, 0) is 11.3 Å². The molecule has 11 nitrogen and oxygen atoms in total. The van der Waals surface area contributed by atoms with Crippen LogP contribution in [0.2, 0.25) is 0 Å². The highest BCUT2D eigenvalue weighted by atomic mass is 16.5. The number of nitrogens with zero attached hydrogens (tertiary/aromatic N) is 6. The van der Waals surface area contributed by atoms with Gasteiger partial charge in [-0.15, -0.1) is 0 Å². The van der Waals surface area contributed by atoms with Crippen LogP contribution in [0.4, 0.5) is 5.82 Å². The van der Waals surface area contributed by atoms with Crippen LogP contribution >= 0.6 is 0 Å². The Morgan fingerprint density at radius 3 is 2.39 bits per heavy atom. The highest BCUT2D eigenvalue weighted by Crippen LogP contribution is 2.39. The largest absolute Gasteiger partial charge is 0.493 e. The van der Waals surface area contributed by atoms with Crippen molar-refractivity contribution in [1.82, 2.24) is 24.4 Å². The molecule has 0 aliphatic carbocycles. The van der Waals surface area contributed by atoms with E-state index in [0.29, 0.717) is 48.0 Å². The van der Waals surface area contributed by atoms with Crippen molar-refractivity contribution in [3.8, 4) is 17.2 Å². The molecule has 1 saturated heterocycles. The minimum absolute atomic E-state index is 0.0905. The molecule has 1 aliphatic heterocycles. The molecule has 4 rings (SSSR count). The fourth-order valence-corrected chi connectivity index (χ4v) is 4.14. The van der Waals surface area contributed by atoms with Crippen molar-refractivity contribution in [2.75, 3.05) is 60.0 Å². The third-order valence-corrected chi connectivity index (χ3v) is 5.63. The van der Waals surface area contributed by atoms with Crippen LogP contribution in [0.25, 0.3) is 11.2 Å². The van der Waals surface area contributed by atoms with Crippen LogP contribution < -0.4 is 19.1 Å². The Bertz CT molecular complexity index is 1080. The maximum Gasteiger partial charge on any atom is 0.203 e. The lowest BCUT2D eigenvalue weighted by atomic mass is 10.1. The first-order valence-corrected chi connectivity index (χ1v) is 10.6. The Balaban J connectivity index is 1.62. The summed E-state index contributed by atoms with van der Waals surface area (Å²) >= 11 is 0. The quantitative estimate of drug-likeness (QED) is 0.531. The molecule has 2 atom stereocenters. The number of morpholine rings is 1. The van der Waals surface area contributed by atoms with E-state index in [1.54, 1.807) is 27.7 Å². The summed E-state index contributed by atoms with van der Waals surface area (Å²) in [5.74, 6) is 2.49. The number of methoxy groups -OCH3 is 3. The Labute approximate surface area is 192 Å². The van der Waals surface area contributed by atoms with Crippen molar-refractivity contribution in [1.29, 1.82) is 0 Å². The summed E-state index contributed by atoms with van der Waals surface area (Å²) in [5.41, 5.74) is 2.38. The molecule has 0 radical (unpaired) electrons. The van der Waals surface area contributed by atoms with Gasteiger partial charge in [0.05, 0.1) is 40.4 Å². The molecular formula is C22H30N6O5. The number of benzene rings is 1. The van der Waals surface area contributed by atoms with E-state index in [4.69, 9.17) is 18.9 Å². The zero-order valence-electron chi connectivity index (χ0n) is 19.6. The number of anilines is 1. The number of aliphatic hydroxyl groups is 1. The minimum Gasteiger partial charge on any atom is -0.493 e. The van der Waals surface area contributed by atoms with Gasteiger partial charge in [-0.3, -0.25) is 9.47 Å². The van der Waals surface area contributed by atoms with Gasteiger partial charge in [-0.25, -0.2) is 15.0 Å². The summed E-state index contributed by atoms with van der Waals surface area (Å²) in [7, 11) is 8.61. The number of imidazole rings is 1. The van der Waals surface area contributed by atoms with E-state index in [2.05, 4.69) is 19.9 Å². The molecule has 1 aliphatic rings. The second-order valence-electron chi connectivity index (χ2n) is 8.04. The Hall–Kier alpha value is -3.15. The van der Waals surface area contributed by atoms with Gasteiger partial charge in [-0.05, 0) is 17.7 Å². The van der Waals surface area contributed by atoms with Gasteiger partial charge >= 0.3 is 0 Å². The third kappa shape index (κ3) is 4.52. The molecule has 1 aromatic carbocycles. The first kappa shape index (κ1) is 23.0. The van der Waals surface area contributed by atoms with Gasteiger partial charge in [-0.1, -0.05) is 0 Å². The molecule has 178 valence electrons. The van der Waals surface area contributed by atoms with Crippen LogP contribution in [-0.4, -0.2) is 90.8 Å². The smallest absolute Gasteiger partial charge is 0.203 e. The van der Waals surface area contributed by atoms with Gasteiger partial charge in [-0.2, -0.15) is 0 Å². The molecule has 0 unspecified atom stereocenters. The van der Waals surface area contributed by atoms with Crippen molar-refractivity contribution >= 4 is 17.0 Å². The lowest BCUT2D eigenvalue weighted by Gasteiger charge is -2.38. The number of fused-ring (bicyclic) bond motifs is 1. The molecule has 3 heterocycles. The normalized spacial score (nSPS) is 19.0. The zero-order chi connectivity index (χ0) is 23.5. The average Bonchev–Trinajstić information content (AvgIpc) is 3.27. The van der Waals surface area contributed by atoms with E-state index in [-0.39, 0.29) is 18.9 Å². The summed E-state index contributed by atoms with van der Waals surface area (Å²) in [4.78, 5) is 17.4. The van der Waals surface area contributed by atoms with Gasteiger partial charge in [0.1, 0.15) is 12.6 Å². The number of ether oxygens (including phenoxy) is 4. The third-order valence-electron chi connectivity index (χ3n) is 5.63. The lowest BCUT2D eigenvalue weighted by Crippen LogP contribution is -2.46. The van der Waals surface area contributed by atoms with Gasteiger partial charge in [0.25, 0.3) is 0 Å². The summed E-state index contributed by atoms with van der Waals surface area (Å²) in [5, 5.41) is 9.89. The van der Waals surface area contributed by atoms with Gasteiger partial charge in [0, 0.05) is 33.7 Å². The van der Waals surface area contributed by atoms with E-state index < -0.39 is 0 Å². The molecule has 1 N–H and O–H groups in total. The topological polar surface area (TPSA) is 107 Å². The molecule has 3 aromatic rings. The van der Waals surface area contributed by atoms with Gasteiger partial charge in [0.15, 0.2) is 28.5 Å². The molecule has 2 aromatic heterocycles. The van der Waals surface area contributed by atoms with Crippen molar-refractivity contribution in [2.24, 2.45) is 0 Å². The van der Waals surface area contributed by atoms with Crippen LogP contribution in [0.15, 0.2) is 24.8 Å². The van der Waals surface area contributed by atoms with E-state index in [1.165, 1.54) is 6.33 Å². The van der Waals surface area contributed by atoms with Crippen molar-refractivity contribution < 1.29 is 24.1 Å². The van der Waals surface area contributed by atoms with Crippen molar-refractivity contribution in [2.45, 2.75) is 18.9 Å². The maximum absolute atomic E-state index is 9.89. The van der Waals surface area contributed by atoms with E-state index >= 15 is 0 Å². The summed E-state index contributed by atoms with van der Waals surface area (Å²) in [6.07, 6.45) is 2.52. The number of aromatic nitrogens is 4. The van der Waals surface area contributed by atoms with E-state index in [1.807, 2.05) is 35.7 Å². The van der Waals surface area contributed by atoms with Crippen LogP contribution in [0, 0.1) is 0 Å². The Morgan fingerprint density at radius 1 is 1.06 bits per heavy atom. The second kappa shape index (κ2) is 9.77. The molecule has 0 amide bonds. The Kier molecular flexibility index (Phi) is 6.82. The first-order valence-electron chi connectivity index (χ1n) is 10.6. The molecular weight excluding hydrogens is 428 g/mol. The van der Waals surface area contributed by atoms with E-state index in [0.717, 1.165) is 11.4 Å². The van der Waals surface area contributed by atoms with Crippen LogP contribution in [0.1, 0.15) is 11.8 Å². The fourth-order valence-electron chi connectivity index (χ4n) is 4.14. The van der Waals surface area contributed by atoms with Gasteiger partial charge in [0.2, 0.25) is 5.75 Å². The SMILES string of the molecule is COc1cc(CN2C[C@@H](CO)O[C@@H](n3cnc4c(N(C)C)ncnc43)C2)cc(OC)c1OC. The van der Waals surface area contributed by atoms with Crippen LogP contribution in [0.5, 0.6) is 17.2 Å². The standard InChI is InChI=1S/C22H30N6O5/c1-26(2)21-19-22(24-12-23-21)28(13-25-19)18-10-27(9-15(11-29)33-18)8-14-6-16(30-3)20(32-5)17(7-14)31-4/h6-7,12-13,15,18,29H,8-11H2,1-5H3/t15-,18+/m0/s1. The predicted molar refractivity (Wildman–Crippen MR) is 122 cm³/mol. The molecule has 0 spiro atoms. The van der Waals surface area contributed by atoms with Crippen molar-refractivity contribution in [3.05, 3.63) is 30.4 Å². The summed E-state index contributed by atoms with van der Waals surface area (Å²) in [6, 6.07) is 3.87. The highest BCUT2D eigenvalue weighted by molar-refractivity contribution is 5.83. The Morgan fingerprint density at radius 2 is 1.79 bits per heavy atom.